The average molecular weight is 320 g/mol. The van der Waals surface area contributed by atoms with Gasteiger partial charge in [-0.25, -0.2) is 13.1 Å². The van der Waals surface area contributed by atoms with Crippen LogP contribution in [0.3, 0.4) is 0 Å². The predicted molar refractivity (Wildman–Crippen MR) is 87.7 cm³/mol. The Hall–Kier alpha value is -1.88. The van der Waals surface area contributed by atoms with Gasteiger partial charge in [-0.1, -0.05) is 12.1 Å². The summed E-state index contributed by atoms with van der Waals surface area (Å²) >= 11 is 0. The predicted octanol–water partition coefficient (Wildman–Crippen LogP) is 0.852. The van der Waals surface area contributed by atoms with Gasteiger partial charge in [0.1, 0.15) is 6.07 Å². The number of nitrogens with one attached hydrogen (secondary N) is 1. The number of likely N-dealkylation sites (N-methyl/N-ethyl adjacent to an activating group) is 1. The lowest BCUT2D eigenvalue weighted by Crippen LogP contribution is -2.44. The second kappa shape index (κ2) is 6.92. The van der Waals surface area contributed by atoms with Gasteiger partial charge < -0.3 is 9.80 Å². The highest BCUT2D eigenvalue weighted by atomic mass is 32.2. The molecule has 0 amide bonds. The quantitative estimate of drug-likeness (QED) is 0.833. The van der Waals surface area contributed by atoms with Crippen molar-refractivity contribution in [3.8, 4) is 6.07 Å². The van der Waals surface area contributed by atoms with Gasteiger partial charge in [-0.05, 0) is 37.9 Å². The van der Waals surface area contributed by atoms with Crippen LogP contribution < -0.4 is 9.62 Å². The molecule has 1 aromatic carbocycles. The lowest BCUT2D eigenvalue weighted by atomic mass is 10.1. The molecule has 1 saturated heterocycles. The lowest BCUT2D eigenvalue weighted by Gasteiger charge is -2.34. The Labute approximate surface area is 131 Å². The third-order valence-electron chi connectivity index (χ3n) is 3.73. The molecular formula is C15H20N4O2S. The van der Waals surface area contributed by atoms with Crippen molar-refractivity contribution in [1.29, 1.82) is 5.26 Å². The van der Waals surface area contributed by atoms with Crippen LogP contribution in [0, 0.1) is 11.3 Å². The molecule has 0 aliphatic carbocycles. The summed E-state index contributed by atoms with van der Waals surface area (Å²) < 4.78 is 25.5. The van der Waals surface area contributed by atoms with Gasteiger partial charge in [0.2, 0.25) is 10.0 Å². The molecule has 118 valence electrons. The minimum absolute atomic E-state index is 0.289. The highest BCUT2D eigenvalue weighted by Gasteiger charge is 2.16. The number of hydrogen-bond donors (Lipinski definition) is 1. The summed E-state index contributed by atoms with van der Waals surface area (Å²) in [6, 6.07) is 9.29. The number of benzene rings is 1. The van der Waals surface area contributed by atoms with Gasteiger partial charge in [0.25, 0.3) is 0 Å². The minimum Gasteiger partial charge on any atom is -0.369 e. The molecule has 22 heavy (non-hydrogen) atoms. The molecule has 2 rings (SSSR count). The summed E-state index contributed by atoms with van der Waals surface area (Å²) in [5, 5.41) is 8.99. The molecule has 1 aromatic rings. The van der Waals surface area contributed by atoms with Crippen LogP contribution in [0.1, 0.15) is 5.56 Å². The maximum absolute atomic E-state index is 11.7. The molecule has 1 aliphatic heterocycles. The maximum atomic E-state index is 11.7. The van der Waals surface area contributed by atoms with E-state index in [1.54, 1.807) is 6.07 Å². The Kier molecular flexibility index (Phi) is 5.19. The van der Waals surface area contributed by atoms with Crippen LogP contribution in [0.4, 0.5) is 5.69 Å². The summed E-state index contributed by atoms with van der Waals surface area (Å²) in [5.41, 5.74) is 1.80. The molecule has 6 nitrogen and oxygen atoms in total. The second-order valence-corrected chi connectivity index (χ2v) is 7.06. The van der Waals surface area contributed by atoms with Crippen LogP contribution in [-0.2, 0) is 10.0 Å². The molecule has 1 heterocycles. The molecule has 0 radical (unpaired) electrons. The first-order valence-corrected chi connectivity index (χ1v) is 8.53. The highest BCUT2D eigenvalue weighted by molar-refractivity contribution is 7.93. The van der Waals surface area contributed by atoms with E-state index in [0.717, 1.165) is 31.9 Å². The highest BCUT2D eigenvalue weighted by Crippen LogP contribution is 2.19. The minimum atomic E-state index is -3.71. The van der Waals surface area contributed by atoms with E-state index in [1.807, 2.05) is 24.3 Å². The van der Waals surface area contributed by atoms with E-state index in [0.29, 0.717) is 5.56 Å². The van der Waals surface area contributed by atoms with Gasteiger partial charge >= 0.3 is 0 Å². The number of rotatable bonds is 4. The molecule has 0 bridgehead atoms. The van der Waals surface area contributed by atoms with Gasteiger partial charge in [-0.3, -0.25) is 0 Å². The standard InChI is InChI=1S/C15H20N4O2S/c1-17-22(20,21)15(12-16)11-13-3-5-14(6-4-13)19-9-7-18(2)8-10-19/h3-6,11,17H,7-10H2,1-2H3/b15-11+. The zero-order chi connectivity index (χ0) is 16.2. The van der Waals surface area contributed by atoms with E-state index in [2.05, 4.69) is 21.6 Å². The zero-order valence-corrected chi connectivity index (χ0v) is 13.6. The van der Waals surface area contributed by atoms with Crippen molar-refractivity contribution in [1.82, 2.24) is 9.62 Å². The van der Waals surface area contributed by atoms with Gasteiger partial charge in [0.05, 0.1) is 0 Å². The first-order chi connectivity index (χ1) is 10.5. The molecule has 0 unspecified atom stereocenters. The summed E-state index contributed by atoms with van der Waals surface area (Å²) in [5.74, 6) is 0. The molecule has 1 fully saturated rings. The number of hydrogen-bond acceptors (Lipinski definition) is 5. The Morgan fingerprint density at radius 2 is 1.82 bits per heavy atom. The number of nitrogens with zero attached hydrogens (tertiary/aromatic N) is 3. The number of anilines is 1. The summed E-state index contributed by atoms with van der Waals surface area (Å²) in [6.45, 7) is 4.01. The lowest BCUT2D eigenvalue weighted by molar-refractivity contribution is 0.313. The van der Waals surface area contributed by atoms with Crippen molar-refractivity contribution in [2.45, 2.75) is 0 Å². The Morgan fingerprint density at radius 3 is 2.32 bits per heavy atom. The van der Waals surface area contributed by atoms with E-state index in [-0.39, 0.29) is 4.91 Å². The first-order valence-electron chi connectivity index (χ1n) is 7.05. The van der Waals surface area contributed by atoms with Crippen molar-refractivity contribution in [2.75, 3.05) is 45.2 Å². The van der Waals surface area contributed by atoms with Gasteiger partial charge in [0, 0.05) is 31.9 Å². The monoisotopic (exact) mass is 320 g/mol. The molecule has 0 spiro atoms. The number of piperazine rings is 1. The Balaban J connectivity index is 2.17. The molecule has 0 saturated carbocycles. The zero-order valence-electron chi connectivity index (χ0n) is 12.8. The maximum Gasteiger partial charge on any atom is 0.250 e. The third kappa shape index (κ3) is 3.85. The topological polar surface area (TPSA) is 76.4 Å². The summed E-state index contributed by atoms with van der Waals surface area (Å²) in [7, 11) is -0.315. The van der Waals surface area contributed by atoms with Crippen LogP contribution in [0.5, 0.6) is 0 Å². The fourth-order valence-electron chi connectivity index (χ4n) is 2.28. The van der Waals surface area contributed by atoms with Crippen molar-refractivity contribution in [3.63, 3.8) is 0 Å². The summed E-state index contributed by atoms with van der Waals surface area (Å²) in [4.78, 5) is 4.29. The number of sulfonamides is 1. The number of nitriles is 1. The number of allylic oxidation sites excluding steroid dienone is 1. The van der Waals surface area contributed by atoms with Crippen molar-refractivity contribution < 1.29 is 8.42 Å². The van der Waals surface area contributed by atoms with Crippen molar-refractivity contribution in [2.24, 2.45) is 0 Å². The Morgan fingerprint density at radius 1 is 1.23 bits per heavy atom. The Bertz CT molecular complexity index is 681. The summed E-state index contributed by atoms with van der Waals surface area (Å²) in [6.07, 6.45) is 1.37. The van der Waals surface area contributed by atoms with E-state index < -0.39 is 10.0 Å². The van der Waals surface area contributed by atoms with Crippen LogP contribution in [-0.4, -0.2) is 53.6 Å². The van der Waals surface area contributed by atoms with E-state index >= 15 is 0 Å². The molecule has 0 atom stereocenters. The van der Waals surface area contributed by atoms with E-state index in [1.165, 1.54) is 13.1 Å². The van der Waals surface area contributed by atoms with Crippen LogP contribution >= 0.6 is 0 Å². The largest absolute Gasteiger partial charge is 0.369 e. The van der Waals surface area contributed by atoms with Crippen molar-refractivity contribution >= 4 is 21.8 Å². The smallest absolute Gasteiger partial charge is 0.250 e. The van der Waals surface area contributed by atoms with Crippen molar-refractivity contribution in [3.05, 3.63) is 34.7 Å². The van der Waals surface area contributed by atoms with Crippen LogP contribution in [0.25, 0.3) is 6.08 Å². The van der Waals surface area contributed by atoms with E-state index in [4.69, 9.17) is 5.26 Å². The van der Waals surface area contributed by atoms with Gasteiger partial charge in [0.15, 0.2) is 4.91 Å². The van der Waals surface area contributed by atoms with Gasteiger partial charge in [-0.15, -0.1) is 0 Å². The molecule has 1 N–H and O–H groups in total. The van der Waals surface area contributed by atoms with Gasteiger partial charge in [-0.2, -0.15) is 5.26 Å². The van der Waals surface area contributed by atoms with E-state index in [9.17, 15) is 8.42 Å². The SMILES string of the molecule is CNS(=O)(=O)/C(C#N)=C/c1ccc(N2CCN(C)CC2)cc1. The van der Waals surface area contributed by atoms with Crippen LogP contribution in [0.15, 0.2) is 29.2 Å². The van der Waals surface area contributed by atoms with Crippen LogP contribution in [0.2, 0.25) is 0 Å². The fraction of sp³-hybridized carbons (Fsp3) is 0.400. The molecule has 0 aromatic heterocycles. The normalized spacial score (nSPS) is 17.3. The molecular weight excluding hydrogens is 300 g/mol. The first kappa shape index (κ1) is 16.5. The molecule has 7 heteroatoms. The third-order valence-corrected chi connectivity index (χ3v) is 5.05. The fourth-order valence-corrected chi connectivity index (χ4v) is 2.91. The molecule has 1 aliphatic rings. The average Bonchev–Trinajstić information content (AvgIpc) is 2.54. The second-order valence-electron chi connectivity index (χ2n) is 5.21.